The molecule has 20 heavy (non-hydrogen) atoms. The fourth-order valence-electron chi connectivity index (χ4n) is 2.37. The third kappa shape index (κ3) is 3.28. The molecule has 1 unspecified atom stereocenters. The Morgan fingerprint density at radius 3 is 2.95 bits per heavy atom. The van der Waals surface area contributed by atoms with Gasteiger partial charge in [-0.3, -0.25) is 4.79 Å². The van der Waals surface area contributed by atoms with Crippen molar-refractivity contribution in [2.75, 3.05) is 20.1 Å². The molecule has 0 fully saturated rings. The van der Waals surface area contributed by atoms with Gasteiger partial charge in [0.2, 0.25) is 5.91 Å². The van der Waals surface area contributed by atoms with Crippen molar-refractivity contribution in [2.24, 2.45) is 5.41 Å². The molecule has 1 aliphatic rings. The summed E-state index contributed by atoms with van der Waals surface area (Å²) in [5, 5.41) is 5.90. The normalized spacial score (nSPS) is 17.5. The van der Waals surface area contributed by atoms with E-state index in [0.717, 1.165) is 11.3 Å². The standard InChI is InChI=1S/C15H21FN2O2/c1-15(2,14(19)17-3)9-18-8-12-7-10-6-11(16)4-5-13(10)20-12/h4-6,12,18H,7-9H2,1-3H3,(H,17,19). The zero-order valence-corrected chi connectivity index (χ0v) is 12.1. The summed E-state index contributed by atoms with van der Waals surface area (Å²) >= 11 is 0. The van der Waals surface area contributed by atoms with Gasteiger partial charge < -0.3 is 15.4 Å². The average molecular weight is 280 g/mol. The Labute approximate surface area is 118 Å². The number of hydrogen-bond donors (Lipinski definition) is 2. The van der Waals surface area contributed by atoms with Crippen LogP contribution in [0.1, 0.15) is 19.4 Å². The number of carbonyl (C=O) groups is 1. The minimum atomic E-state index is -0.466. The van der Waals surface area contributed by atoms with Crippen LogP contribution in [-0.4, -0.2) is 32.1 Å². The molecular formula is C15H21FN2O2. The molecule has 0 spiro atoms. The predicted octanol–water partition coefficient (Wildman–Crippen LogP) is 1.49. The molecule has 2 rings (SSSR count). The van der Waals surface area contributed by atoms with Crippen LogP contribution in [0.4, 0.5) is 4.39 Å². The molecule has 0 bridgehead atoms. The number of benzene rings is 1. The van der Waals surface area contributed by atoms with Crippen molar-refractivity contribution < 1.29 is 13.9 Å². The third-order valence-electron chi connectivity index (χ3n) is 3.54. The molecule has 1 heterocycles. The van der Waals surface area contributed by atoms with E-state index in [1.54, 1.807) is 13.1 Å². The predicted molar refractivity (Wildman–Crippen MR) is 75.2 cm³/mol. The second kappa shape index (κ2) is 5.79. The topological polar surface area (TPSA) is 50.4 Å². The number of hydrogen-bond acceptors (Lipinski definition) is 3. The van der Waals surface area contributed by atoms with Gasteiger partial charge in [0.15, 0.2) is 0 Å². The zero-order valence-electron chi connectivity index (χ0n) is 12.1. The first-order valence-electron chi connectivity index (χ1n) is 6.80. The maximum atomic E-state index is 13.1. The van der Waals surface area contributed by atoms with Crippen molar-refractivity contribution in [2.45, 2.75) is 26.4 Å². The molecule has 5 heteroatoms. The van der Waals surface area contributed by atoms with Gasteiger partial charge in [-0.05, 0) is 32.0 Å². The van der Waals surface area contributed by atoms with E-state index in [1.807, 2.05) is 13.8 Å². The molecule has 1 atom stereocenters. The summed E-state index contributed by atoms with van der Waals surface area (Å²) in [5.74, 6) is 0.521. The van der Waals surface area contributed by atoms with Crippen LogP contribution in [-0.2, 0) is 11.2 Å². The minimum Gasteiger partial charge on any atom is -0.488 e. The van der Waals surface area contributed by atoms with E-state index in [-0.39, 0.29) is 17.8 Å². The summed E-state index contributed by atoms with van der Waals surface area (Å²) in [6.45, 7) is 4.98. The van der Waals surface area contributed by atoms with E-state index in [0.29, 0.717) is 19.5 Å². The van der Waals surface area contributed by atoms with Gasteiger partial charge in [-0.15, -0.1) is 0 Å². The molecule has 0 aromatic heterocycles. The van der Waals surface area contributed by atoms with E-state index in [1.165, 1.54) is 12.1 Å². The first-order valence-corrected chi connectivity index (χ1v) is 6.80. The number of rotatable bonds is 5. The van der Waals surface area contributed by atoms with Crippen LogP contribution in [0.25, 0.3) is 0 Å². The van der Waals surface area contributed by atoms with Gasteiger partial charge in [-0.1, -0.05) is 0 Å². The van der Waals surface area contributed by atoms with Crippen LogP contribution < -0.4 is 15.4 Å². The second-order valence-corrected chi connectivity index (χ2v) is 5.79. The number of ether oxygens (including phenoxy) is 1. The fraction of sp³-hybridized carbons (Fsp3) is 0.533. The second-order valence-electron chi connectivity index (χ2n) is 5.79. The Balaban J connectivity index is 1.82. The van der Waals surface area contributed by atoms with Gasteiger partial charge in [0.1, 0.15) is 17.7 Å². The third-order valence-corrected chi connectivity index (χ3v) is 3.54. The van der Waals surface area contributed by atoms with Crippen molar-refractivity contribution in [3.63, 3.8) is 0 Å². The molecular weight excluding hydrogens is 259 g/mol. The summed E-state index contributed by atoms with van der Waals surface area (Å²) in [6, 6.07) is 4.59. The van der Waals surface area contributed by atoms with Crippen LogP contribution in [0.2, 0.25) is 0 Å². The molecule has 2 N–H and O–H groups in total. The SMILES string of the molecule is CNC(=O)C(C)(C)CNCC1Cc2cc(F)ccc2O1. The lowest BCUT2D eigenvalue weighted by molar-refractivity contribution is -0.128. The lowest BCUT2D eigenvalue weighted by Gasteiger charge is -2.23. The number of carbonyl (C=O) groups excluding carboxylic acids is 1. The van der Waals surface area contributed by atoms with Crippen LogP contribution in [0.15, 0.2) is 18.2 Å². The first kappa shape index (κ1) is 14.8. The van der Waals surface area contributed by atoms with Crippen LogP contribution in [0.5, 0.6) is 5.75 Å². The van der Waals surface area contributed by atoms with E-state index in [2.05, 4.69) is 10.6 Å². The smallest absolute Gasteiger partial charge is 0.226 e. The van der Waals surface area contributed by atoms with E-state index in [4.69, 9.17) is 4.74 Å². The van der Waals surface area contributed by atoms with Crippen molar-refractivity contribution in [1.82, 2.24) is 10.6 Å². The maximum absolute atomic E-state index is 13.1. The molecule has 1 aliphatic heterocycles. The summed E-state index contributed by atoms with van der Waals surface area (Å²) in [5.41, 5.74) is 0.439. The van der Waals surface area contributed by atoms with Crippen LogP contribution >= 0.6 is 0 Å². The highest BCUT2D eigenvalue weighted by Gasteiger charge is 2.28. The number of nitrogens with one attached hydrogen (secondary N) is 2. The Kier molecular flexibility index (Phi) is 4.28. The first-order chi connectivity index (χ1) is 9.42. The Morgan fingerprint density at radius 1 is 1.50 bits per heavy atom. The minimum absolute atomic E-state index is 0.00250. The van der Waals surface area contributed by atoms with Crippen molar-refractivity contribution in [3.05, 3.63) is 29.6 Å². The Hall–Kier alpha value is -1.62. The van der Waals surface area contributed by atoms with Crippen molar-refractivity contribution >= 4 is 5.91 Å². The van der Waals surface area contributed by atoms with Gasteiger partial charge in [-0.2, -0.15) is 0 Å². The zero-order chi connectivity index (χ0) is 14.8. The molecule has 1 aromatic rings. The van der Waals surface area contributed by atoms with Gasteiger partial charge in [0.25, 0.3) is 0 Å². The van der Waals surface area contributed by atoms with Crippen LogP contribution in [0, 0.1) is 11.2 Å². The van der Waals surface area contributed by atoms with Crippen LogP contribution in [0.3, 0.4) is 0 Å². The molecule has 1 amide bonds. The molecule has 4 nitrogen and oxygen atoms in total. The molecule has 0 radical (unpaired) electrons. The quantitative estimate of drug-likeness (QED) is 0.859. The van der Waals surface area contributed by atoms with E-state index in [9.17, 15) is 9.18 Å². The van der Waals surface area contributed by atoms with E-state index >= 15 is 0 Å². The van der Waals surface area contributed by atoms with Gasteiger partial charge in [0.05, 0.1) is 5.41 Å². The Bertz CT molecular complexity index is 503. The number of halogens is 1. The van der Waals surface area contributed by atoms with E-state index < -0.39 is 5.41 Å². The summed E-state index contributed by atoms with van der Waals surface area (Å²) < 4.78 is 18.8. The molecule has 110 valence electrons. The highest BCUT2D eigenvalue weighted by Crippen LogP contribution is 2.29. The van der Waals surface area contributed by atoms with Crippen molar-refractivity contribution in [3.8, 4) is 5.75 Å². The Morgan fingerprint density at radius 2 is 2.25 bits per heavy atom. The highest BCUT2D eigenvalue weighted by atomic mass is 19.1. The summed E-state index contributed by atoms with van der Waals surface area (Å²) in [4.78, 5) is 11.7. The fourth-order valence-corrected chi connectivity index (χ4v) is 2.37. The lowest BCUT2D eigenvalue weighted by atomic mass is 9.92. The molecule has 0 aliphatic carbocycles. The molecule has 1 aromatic carbocycles. The largest absolute Gasteiger partial charge is 0.488 e. The summed E-state index contributed by atoms with van der Waals surface area (Å²) in [7, 11) is 1.63. The van der Waals surface area contributed by atoms with Gasteiger partial charge >= 0.3 is 0 Å². The highest BCUT2D eigenvalue weighted by molar-refractivity contribution is 5.81. The lowest BCUT2D eigenvalue weighted by Crippen LogP contribution is -2.44. The van der Waals surface area contributed by atoms with Gasteiger partial charge in [-0.25, -0.2) is 4.39 Å². The average Bonchev–Trinajstić information content (AvgIpc) is 2.79. The summed E-state index contributed by atoms with van der Waals surface area (Å²) in [6.07, 6.45) is 0.688. The monoisotopic (exact) mass is 280 g/mol. The molecule has 0 saturated heterocycles. The maximum Gasteiger partial charge on any atom is 0.226 e. The van der Waals surface area contributed by atoms with Gasteiger partial charge in [0, 0.05) is 32.1 Å². The van der Waals surface area contributed by atoms with Crippen molar-refractivity contribution in [1.29, 1.82) is 0 Å². The number of fused-ring (bicyclic) bond motifs is 1. The number of amides is 1. The molecule has 0 saturated carbocycles.